The summed E-state index contributed by atoms with van der Waals surface area (Å²) in [5, 5.41) is 8.40. The molecule has 0 fully saturated rings. The third kappa shape index (κ3) is 19.3. The van der Waals surface area contributed by atoms with Crippen molar-refractivity contribution in [3.05, 3.63) is 12.3 Å². The van der Waals surface area contributed by atoms with E-state index in [0.717, 1.165) is 12.8 Å². The molecule has 1 N–H and O–H groups in total. The first-order valence-electron chi connectivity index (χ1n) is 7.73. The number of carbonyl (C=O) groups excluding carboxylic acids is 1. The zero-order chi connectivity index (χ0) is 15.1. The number of hydrogen-bond acceptors (Lipinski definition) is 3. The maximum absolute atomic E-state index is 11.1. The van der Waals surface area contributed by atoms with E-state index in [1.54, 1.807) is 0 Å². The third-order valence-electron chi connectivity index (χ3n) is 3.06. The number of ether oxygens (including phenoxy) is 1. The zero-order valence-corrected chi connectivity index (χ0v) is 16.3. The van der Waals surface area contributed by atoms with Crippen LogP contribution >= 0.6 is 0 Å². The molecule has 21 heavy (non-hydrogen) atoms. The normalized spacial score (nSPS) is 10.3. The van der Waals surface area contributed by atoms with Crippen molar-refractivity contribution < 1.29 is 38.9 Å². The number of esters is 1. The zero-order valence-electron chi connectivity index (χ0n) is 13.3. The van der Waals surface area contributed by atoms with Crippen LogP contribution in [-0.2, 0) is 33.8 Å². The summed E-state index contributed by atoms with van der Waals surface area (Å²) in [5.41, 5.74) is 0. The molecule has 0 rings (SSSR count). The van der Waals surface area contributed by atoms with Crippen molar-refractivity contribution in [3.8, 4) is 0 Å². The summed E-state index contributed by atoms with van der Waals surface area (Å²) >= 11 is 0. The first-order valence-corrected chi connectivity index (χ1v) is 7.73. The summed E-state index contributed by atoms with van der Waals surface area (Å²) in [4.78, 5) is 21.3. The minimum atomic E-state index is -0.982. The topological polar surface area (TPSA) is 63.6 Å². The molecule has 0 aromatic rings. The maximum Gasteiger partial charge on any atom is 0.311 e. The Hall–Kier alpha value is -0.697. The van der Waals surface area contributed by atoms with Gasteiger partial charge in [-0.05, 0) is 18.9 Å². The summed E-state index contributed by atoms with van der Waals surface area (Å²) < 4.78 is 4.78. The predicted octanol–water partition coefficient (Wildman–Crippen LogP) is 4.44. The molecule has 4 nitrogen and oxygen atoms in total. The van der Waals surface area contributed by atoms with E-state index in [1.165, 1.54) is 51.2 Å². The first-order chi connectivity index (χ1) is 9.66. The number of rotatable bonds is 13. The summed E-state index contributed by atoms with van der Waals surface area (Å²) in [6.45, 7) is 2.22. The van der Waals surface area contributed by atoms with E-state index in [-0.39, 0.29) is 32.3 Å². The van der Waals surface area contributed by atoms with Crippen molar-refractivity contribution in [3.63, 3.8) is 0 Å². The molecule has 0 aliphatic heterocycles. The Balaban J connectivity index is 0. The molecule has 0 amide bonds. The van der Waals surface area contributed by atoms with Gasteiger partial charge in [0.05, 0.1) is 19.1 Å². The molecule has 118 valence electrons. The van der Waals surface area contributed by atoms with Crippen LogP contribution in [0.1, 0.15) is 77.6 Å². The molecule has 0 saturated heterocycles. The Morgan fingerprint density at radius 3 is 2.10 bits per heavy atom. The van der Waals surface area contributed by atoms with Gasteiger partial charge in [-0.25, -0.2) is 0 Å². The smallest absolute Gasteiger partial charge is 0.311 e. The molecule has 0 aromatic carbocycles. The molecule has 0 atom stereocenters. The summed E-state index contributed by atoms with van der Waals surface area (Å²) in [6, 6.07) is 0. The van der Waals surface area contributed by atoms with Crippen molar-refractivity contribution in [1.29, 1.82) is 0 Å². The molecule has 0 heterocycles. The van der Waals surface area contributed by atoms with Gasteiger partial charge in [-0.3, -0.25) is 9.59 Å². The van der Waals surface area contributed by atoms with Gasteiger partial charge in [-0.1, -0.05) is 51.9 Å². The van der Waals surface area contributed by atoms with Crippen LogP contribution in [0.2, 0.25) is 0 Å². The van der Waals surface area contributed by atoms with Crippen molar-refractivity contribution in [2.24, 2.45) is 0 Å². The molecule has 0 radical (unpaired) electrons. The predicted molar refractivity (Wildman–Crippen MR) is 79.3 cm³/mol. The monoisotopic (exact) mass is 348 g/mol. The van der Waals surface area contributed by atoms with E-state index in [0.29, 0.717) is 0 Å². The Kier molecular flexibility index (Phi) is 18.7. The van der Waals surface area contributed by atoms with Gasteiger partial charge in [0.25, 0.3) is 0 Å². The summed E-state index contributed by atoms with van der Waals surface area (Å²) in [5.74, 6) is -1.47. The Bertz CT molecular complexity index is 290. The molecule has 0 aromatic heterocycles. The standard InChI is InChI=1S/C16H28O4.Zn/c1-2-3-4-5-6-7-8-9-10-11-14-20-16(19)13-12-15(17)18;/h11,14H,2-10,12-13H2,1H3,(H,17,18);/b14-11+;. The summed E-state index contributed by atoms with van der Waals surface area (Å²) in [7, 11) is 0. The molecule has 0 spiro atoms. The molecule has 0 unspecified atom stereocenters. The number of carboxylic acids is 1. The van der Waals surface area contributed by atoms with E-state index in [4.69, 9.17) is 9.84 Å². The minimum Gasteiger partial charge on any atom is -0.481 e. The van der Waals surface area contributed by atoms with Crippen molar-refractivity contribution in [2.75, 3.05) is 0 Å². The average Bonchev–Trinajstić information content (AvgIpc) is 2.42. The van der Waals surface area contributed by atoms with Crippen LogP contribution in [0, 0.1) is 0 Å². The van der Waals surface area contributed by atoms with Crippen LogP contribution in [0.4, 0.5) is 0 Å². The van der Waals surface area contributed by atoms with Gasteiger partial charge in [0.2, 0.25) is 0 Å². The fraction of sp³-hybridized carbons (Fsp3) is 0.750. The maximum atomic E-state index is 11.1. The van der Waals surface area contributed by atoms with E-state index in [2.05, 4.69) is 6.92 Å². The average molecular weight is 350 g/mol. The molecule has 5 heteroatoms. The first kappa shape index (κ1) is 22.6. The number of carboxylic acid groups (broad SMARTS) is 1. The van der Waals surface area contributed by atoms with Crippen LogP contribution in [0.5, 0.6) is 0 Å². The Morgan fingerprint density at radius 2 is 1.52 bits per heavy atom. The molecule has 0 aliphatic rings. The van der Waals surface area contributed by atoms with Crippen LogP contribution in [-0.4, -0.2) is 17.0 Å². The van der Waals surface area contributed by atoms with Gasteiger partial charge in [-0.15, -0.1) is 0 Å². The molecule has 0 saturated carbocycles. The van der Waals surface area contributed by atoms with Gasteiger partial charge in [0.15, 0.2) is 0 Å². The molecule has 0 aliphatic carbocycles. The van der Waals surface area contributed by atoms with Crippen LogP contribution in [0.3, 0.4) is 0 Å². The molecular weight excluding hydrogens is 322 g/mol. The quantitative estimate of drug-likeness (QED) is 0.231. The van der Waals surface area contributed by atoms with Crippen molar-refractivity contribution in [2.45, 2.75) is 77.6 Å². The third-order valence-corrected chi connectivity index (χ3v) is 3.06. The number of unbranched alkanes of at least 4 members (excludes halogenated alkanes) is 8. The second-order valence-corrected chi connectivity index (χ2v) is 5.02. The van der Waals surface area contributed by atoms with Gasteiger partial charge in [0, 0.05) is 19.5 Å². The number of aliphatic carboxylic acids is 1. The van der Waals surface area contributed by atoms with Crippen molar-refractivity contribution >= 4 is 11.9 Å². The van der Waals surface area contributed by atoms with E-state index in [9.17, 15) is 9.59 Å². The van der Waals surface area contributed by atoms with Crippen molar-refractivity contribution in [1.82, 2.24) is 0 Å². The van der Waals surface area contributed by atoms with Gasteiger partial charge in [-0.2, -0.15) is 0 Å². The fourth-order valence-corrected chi connectivity index (χ4v) is 1.86. The van der Waals surface area contributed by atoms with E-state index in [1.807, 2.05) is 6.08 Å². The Morgan fingerprint density at radius 1 is 0.952 bits per heavy atom. The van der Waals surface area contributed by atoms with Gasteiger partial charge >= 0.3 is 11.9 Å². The largest absolute Gasteiger partial charge is 0.481 e. The van der Waals surface area contributed by atoms with Crippen LogP contribution in [0.15, 0.2) is 12.3 Å². The van der Waals surface area contributed by atoms with E-state index < -0.39 is 11.9 Å². The second-order valence-electron chi connectivity index (χ2n) is 5.02. The number of allylic oxidation sites excluding steroid dienone is 1. The van der Waals surface area contributed by atoms with E-state index >= 15 is 0 Å². The van der Waals surface area contributed by atoms with Gasteiger partial charge < -0.3 is 9.84 Å². The molecule has 0 bridgehead atoms. The minimum absolute atomic E-state index is 0. The van der Waals surface area contributed by atoms with Crippen LogP contribution < -0.4 is 0 Å². The SMILES string of the molecule is CCCCCCCCCC/C=C/OC(=O)CCC(=O)O.[Zn]. The number of carbonyl (C=O) groups is 2. The Labute approximate surface area is 141 Å². The molecular formula is C16H28O4Zn. The second kappa shape index (κ2) is 17.4. The number of hydrogen-bond donors (Lipinski definition) is 1. The summed E-state index contributed by atoms with van der Waals surface area (Å²) in [6.07, 6.45) is 14.1. The van der Waals surface area contributed by atoms with Crippen LogP contribution in [0.25, 0.3) is 0 Å². The van der Waals surface area contributed by atoms with Gasteiger partial charge in [0.1, 0.15) is 0 Å². The fourth-order valence-electron chi connectivity index (χ4n) is 1.86.